The summed E-state index contributed by atoms with van der Waals surface area (Å²) >= 11 is 0. The van der Waals surface area contributed by atoms with E-state index in [1.807, 2.05) is 6.07 Å². The van der Waals surface area contributed by atoms with E-state index >= 15 is 0 Å². The number of pyridine rings is 1. The number of aromatic amines is 1. The van der Waals surface area contributed by atoms with Crippen molar-refractivity contribution >= 4 is 28.4 Å². The van der Waals surface area contributed by atoms with E-state index in [-0.39, 0.29) is 5.56 Å². The molecule has 1 aliphatic carbocycles. The second kappa shape index (κ2) is 9.74. The van der Waals surface area contributed by atoms with Crippen LogP contribution in [0.15, 0.2) is 41.2 Å². The third-order valence-corrected chi connectivity index (χ3v) is 7.64. The molecule has 3 heterocycles. The highest BCUT2D eigenvalue weighted by molar-refractivity contribution is 5.79. The summed E-state index contributed by atoms with van der Waals surface area (Å²) in [7, 11) is 2.17. The molecule has 1 saturated heterocycles. The molecule has 2 unspecified atom stereocenters. The minimum absolute atomic E-state index is 0.135. The van der Waals surface area contributed by atoms with Crippen molar-refractivity contribution in [3.8, 4) is 0 Å². The lowest BCUT2D eigenvalue weighted by Crippen LogP contribution is -2.44. The second-order valence-corrected chi connectivity index (χ2v) is 10.3. The second-order valence-electron chi connectivity index (χ2n) is 10.3. The number of fused-ring (bicyclic) bond motifs is 1. The van der Waals surface area contributed by atoms with Gasteiger partial charge in [-0.15, -0.1) is 0 Å². The lowest BCUT2D eigenvalue weighted by atomic mass is 9.71. The van der Waals surface area contributed by atoms with E-state index < -0.39 is 0 Å². The summed E-state index contributed by atoms with van der Waals surface area (Å²) in [5.74, 6) is 2.11. The minimum Gasteiger partial charge on any atom is -0.369 e. The molecule has 1 aromatic carbocycles. The maximum absolute atomic E-state index is 12.1. The molecular weight excluding hydrogens is 424 g/mol. The summed E-state index contributed by atoms with van der Waals surface area (Å²) in [5, 5.41) is 4.37. The van der Waals surface area contributed by atoms with Crippen LogP contribution in [0.3, 0.4) is 0 Å². The highest BCUT2D eigenvalue weighted by atomic mass is 16.1. The number of nitrogens with one attached hydrogen (secondary N) is 2. The van der Waals surface area contributed by atoms with Crippen LogP contribution >= 0.6 is 0 Å². The SMILES string of the molecule is CC(C)C1CCCCC1c1nc(Nc2ccc(N3CCN(C)CC3)cc2)nc2[nH]c(=O)ccc12. The molecule has 34 heavy (non-hydrogen) atoms. The van der Waals surface area contributed by atoms with Crippen LogP contribution in [-0.2, 0) is 0 Å². The number of anilines is 3. The van der Waals surface area contributed by atoms with Crippen molar-refractivity contribution in [1.82, 2.24) is 19.9 Å². The fourth-order valence-electron chi connectivity index (χ4n) is 5.65. The van der Waals surface area contributed by atoms with Crippen LogP contribution in [0, 0.1) is 11.8 Å². The van der Waals surface area contributed by atoms with E-state index in [2.05, 4.69) is 70.2 Å². The predicted octanol–water partition coefficient (Wildman–Crippen LogP) is 4.74. The number of nitrogens with zero attached hydrogens (tertiary/aromatic N) is 4. The molecule has 180 valence electrons. The normalized spacial score (nSPS) is 21.8. The van der Waals surface area contributed by atoms with Gasteiger partial charge < -0.3 is 20.1 Å². The van der Waals surface area contributed by atoms with Crippen LogP contribution in [0.4, 0.5) is 17.3 Å². The van der Waals surface area contributed by atoms with E-state index in [1.165, 1.54) is 24.9 Å². The number of hydrogen-bond donors (Lipinski definition) is 2. The van der Waals surface area contributed by atoms with Crippen LogP contribution in [0.5, 0.6) is 0 Å². The monoisotopic (exact) mass is 460 g/mol. The molecule has 1 saturated carbocycles. The third kappa shape index (κ3) is 4.80. The van der Waals surface area contributed by atoms with Crippen molar-refractivity contribution < 1.29 is 0 Å². The number of rotatable bonds is 5. The van der Waals surface area contributed by atoms with E-state index in [0.717, 1.165) is 49.4 Å². The standard InChI is InChI=1S/C27H36N6O/c1-18(2)21-6-4-5-7-22(21)25-23-12-13-24(34)29-26(23)31-27(30-25)28-19-8-10-20(11-9-19)33-16-14-32(3)15-17-33/h8-13,18,21-22H,4-7,14-17H2,1-3H3,(H2,28,29,30,31,34). The minimum atomic E-state index is -0.135. The first kappa shape index (κ1) is 22.8. The van der Waals surface area contributed by atoms with Crippen LogP contribution < -0.4 is 15.8 Å². The Balaban J connectivity index is 1.45. The van der Waals surface area contributed by atoms with Gasteiger partial charge in [0.05, 0.1) is 5.69 Å². The quantitative estimate of drug-likeness (QED) is 0.573. The van der Waals surface area contributed by atoms with Crippen molar-refractivity contribution in [3.05, 3.63) is 52.4 Å². The summed E-state index contributed by atoms with van der Waals surface area (Å²) in [5.41, 5.74) is 3.73. The molecule has 0 spiro atoms. The zero-order valence-corrected chi connectivity index (χ0v) is 20.6. The third-order valence-electron chi connectivity index (χ3n) is 7.64. The number of hydrogen-bond acceptors (Lipinski definition) is 6. The molecule has 7 nitrogen and oxygen atoms in total. The molecule has 1 aliphatic heterocycles. The molecule has 2 fully saturated rings. The maximum Gasteiger partial charge on any atom is 0.249 e. The summed E-state index contributed by atoms with van der Waals surface area (Å²) in [6.45, 7) is 8.90. The summed E-state index contributed by atoms with van der Waals surface area (Å²) < 4.78 is 0. The van der Waals surface area contributed by atoms with Gasteiger partial charge in [-0.3, -0.25) is 4.79 Å². The summed E-state index contributed by atoms with van der Waals surface area (Å²) in [4.78, 5) is 29.5. The number of aromatic nitrogens is 3. The summed E-state index contributed by atoms with van der Waals surface area (Å²) in [6, 6.07) is 12.0. The zero-order valence-electron chi connectivity index (χ0n) is 20.6. The predicted molar refractivity (Wildman–Crippen MR) is 139 cm³/mol. The molecule has 2 atom stereocenters. The molecule has 2 aromatic heterocycles. The molecule has 5 rings (SSSR count). The number of likely N-dealkylation sites (N-methyl/N-ethyl adjacent to an activating group) is 1. The Labute approximate surface area is 201 Å². The fraction of sp³-hybridized carbons (Fsp3) is 0.519. The maximum atomic E-state index is 12.1. The number of piperazine rings is 1. The lowest BCUT2D eigenvalue weighted by molar-refractivity contribution is 0.236. The largest absolute Gasteiger partial charge is 0.369 e. The van der Waals surface area contributed by atoms with Gasteiger partial charge >= 0.3 is 0 Å². The van der Waals surface area contributed by atoms with Gasteiger partial charge in [-0.05, 0) is 62.1 Å². The van der Waals surface area contributed by atoms with E-state index in [0.29, 0.717) is 29.3 Å². The van der Waals surface area contributed by atoms with Gasteiger partial charge in [0.25, 0.3) is 0 Å². The highest BCUT2D eigenvalue weighted by Gasteiger charge is 2.31. The Morgan fingerprint density at radius 2 is 1.71 bits per heavy atom. The average molecular weight is 461 g/mol. The van der Waals surface area contributed by atoms with Crippen LogP contribution in [0.1, 0.15) is 51.1 Å². The molecule has 0 radical (unpaired) electrons. The Morgan fingerprint density at radius 3 is 2.44 bits per heavy atom. The molecule has 2 N–H and O–H groups in total. The van der Waals surface area contributed by atoms with Crippen LogP contribution in [0.2, 0.25) is 0 Å². The topological polar surface area (TPSA) is 77.2 Å². The van der Waals surface area contributed by atoms with Gasteiger partial charge in [0.1, 0.15) is 5.65 Å². The molecule has 2 aliphatic rings. The van der Waals surface area contributed by atoms with E-state index in [4.69, 9.17) is 4.98 Å². The van der Waals surface area contributed by atoms with Crippen molar-refractivity contribution in [2.75, 3.05) is 43.4 Å². The van der Waals surface area contributed by atoms with Crippen molar-refractivity contribution in [2.45, 2.75) is 45.4 Å². The first-order valence-electron chi connectivity index (χ1n) is 12.7. The molecule has 7 heteroatoms. The van der Waals surface area contributed by atoms with Gasteiger partial charge in [-0.25, -0.2) is 4.98 Å². The van der Waals surface area contributed by atoms with Crippen molar-refractivity contribution in [3.63, 3.8) is 0 Å². The van der Waals surface area contributed by atoms with Crippen molar-refractivity contribution in [2.24, 2.45) is 11.8 Å². The van der Waals surface area contributed by atoms with Gasteiger partial charge in [-0.1, -0.05) is 26.7 Å². The van der Waals surface area contributed by atoms with Gasteiger partial charge in [0.15, 0.2) is 0 Å². The van der Waals surface area contributed by atoms with E-state index in [9.17, 15) is 4.79 Å². The molecular formula is C27H36N6O. The first-order valence-corrected chi connectivity index (χ1v) is 12.7. The smallest absolute Gasteiger partial charge is 0.249 e. The Kier molecular flexibility index (Phi) is 6.55. The van der Waals surface area contributed by atoms with Crippen molar-refractivity contribution in [1.29, 1.82) is 0 Å². The van der Waals surface area contributed by atoms with Gasteiger partial charge in [-0.2, -0.15) is 4.98 Å². The van der Waals surface area contributed by atoms with E-state index in [1.54, 1.807) is 6.07 Å². The Morgan fingerprint density at radius 1 is 0.971 bits per heavy atom. The van der Waals surface area contributed by atoms with Gasteiger partial charge in [0, 0.05) is 54.9 Å². The van der Waals surface area contributed by atoms with Crippen LogP contribution in [-0.4, -0.2) is 53.1 Å². The van der Waals surface area contributed by atoms with Gasteiger partial charge in [0.2, 0.25) is 11.5 Å². The average Bonchev–Trinajstić information content (AvgIpc) is 2.84. The number of benzene rings is 1. The Hall–Kier alpha value is -2.93. The summed E-state index contributed by atoms with van der Waals surface area (Å²) in [6.07, 6.45) is 4.87. The first-order chi connectivity index (χ1) is 16.5. The lowest BCUT2D eigenvalue weighted by Gasteiger charge is -2.34. The highest BCUT2D eigenvalue weighted by Crippen LogP contribution is 2.43. The molecule has 0 amide bonds. The number of H-pyrrole nitrogens is 1. The zero-order chi connectivity index (χ0) is 23.7. The molecule has 3 aromatic rings. The Bertz CT molecular complexity index is 1180. The fourth-order valence-corrected chi connectivity index (χ4v) is 5.65. The van der Waals surface area contributed by atoms with Crippen LogP contribution in [0.25, 0.3) is 11.0 Å². The molecule has 0 bridgehead atoms.